The third kappa shape index (κ3) is 6.12. The third-order valence-electron chi connectivity index (χ3n) is 4.32. The fraction of sp³-hybridized carbons (Fsp3) is 0.167. The Kier molecular flexibility index (Phi) is 7.94. The van der Waals surface area contributed by atoms with Crippen molar-refractivity contribution in [2.75, 3.05) is 10.6 Å². The molecule has 0 aliphatic carbocycles. The van der Waals surface area contributed by atoms with Crippen molar-refractivity contribution in [2.24, 2.45) is 0 Å². The van der Waals surface area contributed by atoms with Gasteiger partial charge in [0.2, 0.25) is 11.8 Å². The zero-order valence-electron chi connectivity index (χ0n) is 16.6. The van der Waals surface area contributed by atoms with Gasteiger partial charge in [-0.2, -0.15) is 0 Å². The van der Waals surface area contributed by atoms with Gasteiger partial charge in [-0.25, -0.2) is 0 Å². The number of amides is 2. The first-order chi connectivity index (χ1) is 14.6. The van der Waals surface area contributed by atoms with Gasteiger partial charge in [-0.1, -0.05) is 67.1 Å². The smallest absolute Gasteiger partial charge is 0.242 e. The number of nitrogens with one attached hydrogen (secondary N) is 2. The number of hydrogen-bond donors (Lipinski definition) is 2. The molecule has 0 fully saturated rings. The van der Waals surface area contributed by atoms with Crippen molar-refractivity contribution in [1.82, 2.24) is 0 Å². The number of benzene rings is 3. The summed E-state index contributed by atoms with van der Waals surface area (Å²) in [5.74, 6) is -0.185. The Hall–Kier alpha value is -2.76. The Morgan fingerprint density at radius 1 is 0.933 bits per heavy atom. The maximum absolute atomic E-state index is 13.2. The van der Waals surface area contributed by atoms with Crippen molar-refractivity contribution in [3.8, 4) is 0 Å². The SMILES string of the molecule is CCCC(=O)Nc1cccc(SC(C(=O)Nc2ccccc2Cl)c2ccccc2)c1. The number of para-hydroxylation sites is 1. The molecule has 3 aromatic rings. The van der Waals surface area contributed by atoms with E-state index in [0.29, 0.717) is 17.1 Å². The Balaban J connectivity index is 1.83. The standard InChI is InChI=1S/C24H23ClN2O2S/c1-2-9-22(28)26-18-12-8-13-19(16-18)30-23(17-10-4-3-5-11-17)24(29)27-21-15-7-6-14-20(21)25/h3-8,10-16,23H,2,9H2,1H3,(H,26,28)(H,27,29). The molecule has 0 aromatic heterocycles. The van der Waals surface area contributed by atoms with Crippen LogP contribution >= 0.6 is 23.4 Å². The summed E-state index contributed by atoms with van der Waals surface area (Å²) in [7, 11) is 0. The second-order valence-electron chi connectivity index (χ2n) is 6.70. The predicted molar refractivity (Wildman–Crippen MR) is 125 cm³/mol. The monoisotopic (exact) mass is 438 g/mol. The van der Waals surface area contributed by atoms with E-state index in [9.17, 15) is 9.59 Å². The summed E-state index contributed by atoms with van der Waals surface area (Å²) < 4.78 is 0. The van der Waals surface area contributed by atoms with E-state index in [1.165, 1.54) is 11.8 Å². The van der Waals surface area contributed by atoms with E-state index in [4.69, 9.17) is 11.6 Å². The third-order valence-corrected chi connectivity index (χ3v) is 5.90. The zero-order chi connectivity index (χ0) is 21.3. The molecule has 1 atom stereocenters. The molecule has 6 heteroatoms. The number of rotatable bonds is 8. The molecule has 4 nitrogen and oxygen atoms in total. The van der Waals surface area contributed by atoms with Crippen LogP contribution in [0, 0.1) is 0 Å². The van der Waals surface area contributed by atoms with Gasteiger partial charge in [-0.05, 0) is 42.3 Å². The summed E-state index contributed by atoms with van der Waals surface area (Å²) in [6.45, 7) is 1.97. The highest BCUT2D eigenvalue weighted by atomic mass is 35.5. The van der Waals surface area contributed by atoms with E-state index in [2.05, 4.69) is 10.6 Å². The van der Waals surface area contributed by atoms with Crippen LogP contribution in [0.25, 0.3) is 0 Å². The first-order valence-electron chi connectivity index (χ1n) is 9.73. The highest BCUT2D eigenvalue weighted by molar-refractivity contribution is 8.00. The van der Waals surface area contributed by atoms with Gasteiger partial charge in [0.1, 0.15) is 5.25 Å². The molecule has 2 N–H and O–H groups in total. The molecule has 154 valence electrons. The maximum atomic E-state index is 13.2. The summed E-state index contributed by atoms with van der Waals surface area (Å²) in [4.78, 5) is 26.0. The van der Waals surface area contributed by atoms with Crippen LogP contribution < -0.4 is 10.6 Å². The van der Waals surface area contributed by atoms with Crippen LogP contribution in [0.2, 0.25) is 5.02 Å². The van der Waals surface area contributed by atoms with Crippen molar-refractivity contribution in [1.29, 1.82) is 0 Å². The van der Waals surface area contributed by atoms with Crippen molar-refractivity contribution in [2.45, 2.75) is 29.9 Å². The van der Waals surface area contributed by atoms with Gasteiger partial charge < -0.3 is 10.6 Å². The predicted octanol–water partition coefficient (Wildman–Crippen LogP) is 6.55. The molecule has 0 saturated carbocycles. The highest BCUT2D eigenvalue weighted by Gasteiger charge is 2.23. The van der Waals surface area contributed by atoms with Gasteiger partial charge in [0.05, 0.1) is 10.7 Å². The van der Waals surface area contributed by atoms with Gasteiger partial charge in [0.25, 0.3) is 0 Å². The second-order valence-corrected chi connectivity index (χ2v) is 8.29. The summed E-state index contributed by atoms with van der Waals surface area (Å²) >= 11 is 7.64. The van der Waals surface area contributed by atoms with Crippen LogP contribution in [0.3, 0.4) is 0 Å². The minimum absolute atomic E-state index is 0.0179. The van der Waals surface area contributed by atoms with E-state index < -0.39 is 5.25 Å². The van der Waals surface area contributed by atoms with E-state index in [1.54, 1.807) is 12.1 Å². The lowest BCUT2D eigenvalue weighted by molar-refractivity contribution is -0.116. The van der Waals surface area contributed by atoms with E-state index in [0.717, 1.165) is 22.6 Å². The number of hydrogen-bond acceptors (Lipinski definition) is 3. The summed E-state index contributed by atoms with van der Waals surface area (Å²) in [5.41, 5.74) is 2.18. The fourth-order valence-corrected chi connectivity index (χ4v) is 4.16. The normalized spacial score (nSPS) is 11.5. The quantitative estimate of drug-likeness (QED) is 0.392. The molecule has 0 saturated heterocycles. The molecule has 2 amide bonds. The number of carbonyl (C=O) groups excluding carboxylic acids is 2. The van der Waals surface area contributed by atoms with Gasteiger partial charge >= 0.3 is 0 Å². The van der Waals surface area contributed by atoms with Crippen LogP contribution in [-0.2, 0) is 9.59 Å². The van der Waals surface area contributed by atoms with Gasteiger partial charge in [-0.15, -0.1) is 11.8 Å². The lowest BCUT2D eigenvalue weighted by Gasteiger charge is -2.18. The van der Waals surface area contributed by atoms with Crippen molar-refractivity contribution in [3.63, 3.8) is 0 Å². The van der Waals surface area contributed by atoms with Crippen LogP contribution in [0.1, 0.15) is 30.6 Å². The Morgan fingerprint density at radius 3 is 2.40 bits per heavy atom. The number of carbonyl (C=O) groups is 2. The largest absolute Gasteiger partial charge is 0.326 e. The summed E-state index contributed by atoms with van der Waals surface area (Å²) in [5, 5.41) is 5.84. The van der Waals surface area contributed by atoms with Crippen molar-refractivity contribution >= 4 is 46.6 Å². The van der Waals surface area contributed by atoms with Crippen LogP contribution in [-0.4, -0.2) is 11.8 Å². The minimum atomic E-state index is -0.482. The average molecular weight is 439 g/mol. The van der Waals surface area contributed by atoms with Crippen LogP contribution in [0.15, 0.2) is 83.8 Å². The molecule has 0 radical (unpaired) electrons. The van der Waals surface area contributed by atoms with E-state index in [1.807, 2.05) is 73.7 Å². The molecular weight excluding hydrogens is 416 g/mol. The number of thioether (sulfide) groups is 1. The average Bonchev–Trinajstić information content (AvgIpc) is 2.74. The second kappa shape index (κ2) is 10.9. The van der Waals surface area contributed by atoms with E-state index in [-0.39, 0.29) is 11.8 Å². The lowest BCUT2D eigenvalue weighted by atomic mass is 10.1. The first-order valence-corrected chi connectivity index (χ1v) is 11.0. The van der Waals surface area contributed by atoms with Crippen LogP contribution in [0.5, 0.6) is 0 Å². The topological polar surface area (TPSA) is 58.2 Å². The zero-order valence-corrected chi connectivity index (χ0v) is 18.2. The molecule has 3 rings (SSSR count). The molecular formula is C24H23ClN2O2S. The Morgan fingerprint density at radius 2 is 1.67 bits per heavy atom. The molecule has 0 aliphatic rings. The highest BCUT2D eigenvalue weighted by Crippen LogP contribution is 2.37. The molecule has 0 bridgehead atoms. The van der Waals surface area contributed by atoms with Gasteiger partial charge in [-0.3, -0.25) is 9.59 Å². The molecule has 1 unspecified atom stereocenters. The summed E-state index contributed by atoms with van der Waals surface area (Å²) in [6, 6.07) is 24.3. The minimum Gasteiger partial charge on any atom is -0.326 e. The van der Waals surface area contributed by atoms with E-state index >= 15 is 0 Å². The lowest BCUT2D eigenvalue weighted by Crippen LogP contribution is -2.19. The first kappa shape index (κ1) is 21.9. The molecule has 0 aliphatic heterocycles. The van der Waals surface area contributed by atoms with Crippen LogP contribution in [0.4, 0.5) is 11.4 Å². The Bertz CT molecular complexity index is 1010. The maximum Gasteiger partial charge on any atom is 0.242 e. The molecule has 0 heterocycles. The molecule has 3 aromatic carbocycles. The fourth-order valence-electron chi connectivity index (χ4n) is 2.90. The molecule has 30 heavy (non-hydrogen) atoms. The summed E-state index contributed by atoms with van der Waals surface area (Å²) in [6.07, 6.45) is 1.27. The number of halogens is 1. The van der Waals surface area contributed by atoms with Gasteiger partial charge in [0.15, 0.2) is 0 Å². The van der Waals surface area contributed by atoms with Gasteiger partial charge in [0, 0.05) is 17.0 Å². The van der Waals surface area contributed by atoms with Crippen molar-refractivity contribution in [3.05, 3.63) is 89.4 Å². The van der Waals surface area contributed by atoms with Crippen molar-refractivity contribution < 1.29 is 9.59 Å². The Labute approximate surface area is 186 Å². The number of anilines is 2. The molecule has 0 spiro atoms.